The number of halogens is 2. The number of pyridine rings is 1. The highest BCUT2D eigenvalue weighted by Crippen LogP contribution is 2.29. The third-order valence-electron chi connectivity index (χ3n) is 2.62. The van der Waals surface area contributed by atoms with Gasteiger partial charge in [-0.15, -0.1) is 0 Å². The van der Waals surface area contributed by atoms with Gasteiger partial charge in [-0.1, -0.05) is 17.7 Å². The maximum atomic E-state index is 12.1. The van der Waals surface area contributed by atoms with Crippen LogP contribution in [-0.4, -0.2) is 10.9 Å². The van der Waals surface area contributed by atoms with Crippen LogP contribution < -0.4 is 5.32 Å². The van der Waals surface area contributed by atoms with E-state index in [-0.39, 0.29) is 5.91 Å². The molecule has 0 saturated carbocycles. The largest absolute Gasteiger partial charge is 0.320 e. The van der Waals surface area contributed by atoms with Gasteiger partial charge in [-0.3, -0.25) is 4.79 Å². The number of carbonyl (C=O) groups is 1. The fourth-order valence-corrected chi connectivity index (χ4v) is 2.32. The first kappa shape index (κ1) is 14.0. The molecule has 5 heteroatoms. The molecule has 0 saturated heterocycles. The van der Waals surface area contributed by atoms with Gasteiger partial charge >= 0.3 is 0 Å². The second-order valence-electron chi connectivity index (χ2n) is 4.20. The quantitative estimate of drug-likeness (QED) is 0.883. The average Bonchev–Trinajstić information content (AvgIpc) is 2.36. The molecule has 2 aromatic rings. The zero-order valence-electron chi connectivity index (χ0n) is 10.5. The number of aromatic nitrogens is 1. The van der Waals surface area contributed by atoms with Gasteiger partial charge in [0.2, 0.25) is 0 Å². The first-order chi connectivity index (χ1) is 8.97. The summed E-state index contributed by atoms with van der Waals surface area (Å²) in [5.41, 5.74) is 2.75. The predicted molar refractivity (Wildman–Crippen MR) is 80.8 cm³/mol. The lowest BCUT2D eigenvalue weighted by molar-refractivity contribution is 0.102. The Morgan fingerprint density at radius 2 is 2.05 bits per heavy atom. The number of anilines is 1. The maximum absolute atomic E-state index is 12.1. The van der Waals surface area contributed by atoms with Crippen LogP contribution in [0.1, 0.15) is 21.7 Å². The van der Waals surface area contributed by atoms with Gasteiger partial charge < -0.3 is 5.32 Å². The summed E-state index contributed by atoms with van der Waals surface area (Å²) in [6, 6.07) is 8.90. The highest BCUT2D eigenvalue weighted by molar-refractivity contribution is 9.10. The molecular weight excluding hydrogens is 328 g/mol. The molecule has 3 nitrogen and oxygen atoms in total. The van der Waals surface area contributed by atoms with Crippen molar-refractivity contribution >= 4 is 39.1 Å². The number of benzene rings is 1. The number of hydrogen-bond acceptors (Lipinski definition) is 2. The Kier molecular flexibility index (Phi) is 4.22. The lowest BCUT2D eigenvalue weighted by Crippen LogP contribution is -2.14. The van der Waals surface area contributed by atoms with Crippen molar-refractivity contribution in [3.05, 3.63) is 56.8 Å². The number of aryl methyl sites for hydroxylation is 2. The zero-order valence-corrected chi connectivity index (χ0v) is 12.8. The first-order valence-electron chi connectivity index (χ1n) is 5.68. The van der Waals surface area contributed by atoms with E-state index in [1.165, 1.54) is 0 Å². The Morgan fingerprint density at radius 3 is 2.74 bits per heavy atom. The summed E-state index contributed by atoms with van der Waals surface area (Å²) >= 11 is 9.46. The molecule has 0 bridgehead atoms. The van der Waals surface area contributed by atoms with Crippen LogP contribution >= 0.6 is 27.5 Å². The number of carbonyl (C=O) groups excluding carboxylic acids is 1. The number of hydrogen-bond donors (Lipinski definition) is 1. The average molecular weight is 340 g/mol. The van der Waals surface area contributed by atoms with E-state index >= 15 is 0 Å². The molecule has 2 rings (SSSR count). The third kappa shape index (κ3) is 3.33. The number of nitrogens with one attached hydrogen (secondary N) is 1. The predicted octanol–water partition coefficient (Wildman–Crippen LogP) is 4.37. The van der Waals surface area contributed by atoms with Gasteiger partial charge in [-0.25, -0.2) is 4.98 Å². The summed E-state index contributed by atoms with van der Waals surface area (Å²) in [4.78, 5) is 16.3. The van der Waals surface area contributed by atoms with Crippen LogP contribution in [0.15, 0.2) is 34.8 Å². The lowest BCUT2D eigenvalue weighted by Gasteiger charge is -2.09. The third-order valence-corrected chi connectivity index (χ3v) is 3.68. The second kappa shape index (κ2) is 5.72. The van der Waals surface area contributed by atoms with Crippen molar-refractivity contribution in [2.45, 2.75) is 13.8 Å². The number of rotatable bonds is 2. The van der Waals surface area contributed by atoms with E-state index in [1.807, 2.05) is 26.0 Å². The van der Waals surface area contributed by atoms with Crippen LogP contribution in [0, 0.1) is 13.8 Å². The highest BCUT2D eigenvalue weighted by atomic mass is 79.9. The van der Waals surface area contributed by atoms with E-state index in [0.29, 0.717) is 16.4 Å². The Morgan fingerprint density at radius 1 is 1.32 bits per heavy atom. The molecule has 1 aromatic carbocycles. The van der Waals surface area contributed by atoms with E-state index < -0.39 is 0 Å². The van der Waals surface area contributed by atoms with Crippen LogP contribution in [0.4, 0.5) is 5.69 Å². The molecule has 0 aliphatic heterocycles. The summed E-state index contributed by atoms with van der Waals surface area (Å²) in [6.07, 6.45) is 0. The maximum Gasteiger partial charge on any atom is 0.274 e. The van der Waals surface area contributed by atoms with Crippen LogP contribution in [0.3, 0.4) is 0 Å². The number of amides is 1. The molecule has 0 aliphatic rings. The minimum absolute atomic E-state index is 0.260. The Hall–Kier alpha value is -1.39. The van der Waals surface area contributed by atoms with Crippen molar-refractivity contribution in [1.29, 1.82) is 0 Å². The zero-order chi connectivity index (χ0) is 14.0. The molecule has 0 spiro atoms. The Labute approximate surface area is 125 Å². The topological polar surface area (TPSA) is 42.0 Å². The minimum atomic E-state index is -0.260. The smallest absolute Gasteiger partial charge is 0.274 e. The standard InChI is InChI=1S/C14H12BrClN2O/c1-8-6-10(15)13(7-11(8)16)18-14(19)12-5-3-4-9(2)17-12/h3-7H,1-2H3,(H,18,19). The summed E-state index contributed by atoms with van der Waals surface area (Å²) in [7, 11) is 0. The molecule has 0 unspecified atom stereocenters. The molecule has 98 valence electrons. The molecular formula is C14H12BrClN2O. The van der Waals surface area contributed by atoms with Crippen LogP contribution in [0.25, 0.3) is 0 Å². The Bertz CT molecular complexity index is 643. The van der Waals surface area contributed by atoms with Gasteiger partial charge in [-0.05, 0) is 59.6 Å². The van der Waals surface area contributed by atoms with E-state index in [9.17, 15) is 4.79 Å². The molecule has 19 heavy (non-hydrogen) atoms. The summed E-state index contributed by atoms with van der Waals surface area (Å²) in [5, 5.41) is 3.40. The normalized spacial score (nSPS) is 10.3. The molecule has 1 N–H and O–H groups in total. The molecule has 1 aromatic heterocycles. The highest BCUT2D eigenvalue weighted by Gasteiger charge is 2.11. The summed E-state index contributed by atoms with van der Waals surface area (Å²) < 4.78 is 0.787. The molecule has 1 heterocycles. The molecule has 0 radical (unpaired) electrons. The van der Waals surface area contributed by atoms with Gasteiger partial charge in [0.25, 0.3) is 5.91 Å². The van der Waals surface area contributed by atoms with Gasteiger partial charge in [0.15, 0.2) is 0 Å². The van der Waals surface area contributed by atoms with Crippen molar-refractivity contribution < 1.29 is 4.79 Å². The molecule has 1 amide bonds. The van der Waals surface area contributed by atoms with Crippen molar-refractivity contribution in [3.8, 4) is 0 Å². The number of nitrogens with zero attached hydrogens (tertiary/aromatic N) is 1. The van der Waals surface area contributed by atoms with Crippen molar-refractivity contribution in [2.24, 2.45) is 0 Å². The lowest BCUT2D eigenvalue weighted by atomic mass is 10.2. The van der Waals surface area contributed by atoms with Gasteiger partial charge in [0.1, 0.15) is 5.69 Å². The van der Waals surface area contributed by atoms with Crippen LogP contribution in [0.2, 0.25) is 5.02 Å². The summed E-state index contributed by atoms with van der Waals surface area (Å²) in [6.45, 7) is 3.75. The van der Waals surface area contributed by atoms with Crippen molar-refractivity contribution in [3.63, 3.8) is 0 Å². The molecule has 0 atom stereocenters. The van der Waals surface area contributed by atoms with E-state index in [0.717, 1.165) is 15.7 Å². The molecule has 0 aliphatic carbocycles. The molecule has 0 fully saturated rings. The van der Waals surface area contributed by atoms with Gasteiger partial charge in [0.05, 0.1) is 5.69 Å². The van der Waals surface area contributed by atoms with Crippen LogP contribution in [-0.2, 0) is 0 Å². The van der Waals surface area contributed by atoms with Crippen molar-refractivity contribution in [1.82, 2.24) is 4.98 Å². The Balaban J connectivity index is 2.27. The monoisotopic (exact) mass is 338 g/mol. The fraction of sp³-hybridized carbons (Fsp3) is 0.143. The SMILES string of the molecule is Cc1cccc(C(=O)Nc2cc(Cl)c(C)cc2Br)n1. The van der Waals surface area contributed by atoms with Gasteiger partial charge in [0, 0.05) is 15.2 Å². The first-order valence-corrected chi connectivity index (χ1v) is 6.85. The van der Waals surface area contributed by atoms with Crippen LogP contribution in [0.5, 0.6) is 0 Å². The fourth-order valence-electron chi connectivity index (χ4n) is 1.60. The summed E-state index contributed by atoms with van der Waals surface area (Å²) in [5.74, 6) is -0.260. The van der Waals surface area contributed by atoms with Crippen molar-refractivity contribution in [2.75, 3.05) is 5.32 Å². The van der Waals surface area contributed by atoms with E-state index in [4.69, 9.17) is 11.6 Å². The van der Waals surface area contributed by atoms with E-state index in [1.54, 1.807) is 18.2 Å². The minimum Gasteiger partial charge on any atom is -0.320 e. The second-order valence-corrected chi connectivity index (χ2v) is 5.46. The van der Waals surface area contributed by atoms with Gasteiger partial charge in [-0.2, -0.15) is 0 Å². The van der Waals surface area contributed by atoms with E-state index in [2.05, 4.69) is 26.2 Å².